The lowest BCUT2D eigenvalue weighted by atomic mass is 10.2. The fourth-order valence-corrected chi connectivity index (χ4v) is 1.09. The number of hydrogen-bond acceptors (Lipinski definition) is 2. The van der Waals surface area contributed by atoms with Crippen LogP contribution in [0.5, 0.6) is 5.75 Å². The Balaban J connectivity index is 2.41. The van der Waals surface area contributed by atoms with Crippen molar-refractivity contribution in [3.63, 3.8) is 0 Å². The summed E-state index contributed by atoms with van der Waals surface area (Å²) in [6.07, 6.45) is 0. The van der Waals surface area contributed by atoms with Crippen molar-refractivity contribution in [1.29, 1.82) is 0 Å². The van der Waals surface area contributed by atoms with E-state index >= 15 is 0 Å². The molecule has 1 unspecified atom stereocenters. The molecule has 1 aromatic carbocycles. The van der Waals surface area contributed by atoms with Crippen molar-refractivity contribution in [1.82, 2.24) is 0 Å². The number of aliphatic hydroxyl groups excluding tert-OH is 1. The smallest absolute Gasteiger partial charge is 0.119 e. The van der Waals surface area contributed by atoms with Crippen molar-refractivity contribution in [2.45, 2.75) is 6.92 Å². The molecule has 72 valence electrons. The Bertz CT molecular complexity index is 246. The standard InChI is InChI=1S/C10H13BrO2/c1-8(6-12)7-13-10-4-2-9(11)3-5-10/h2-5,8,12H,6-7H2,1H3. The Labute approximate surface area is 86.7 Å². The molecule has 0 bridgehead atoms. The minimum Gasteiger partial charge on any atom is -0.493 e. The molecular formula is C10H13BrO2. The van der Waals surface area contributed by atoms with Gasteiger partial charge in [0, 0.05) is 17.0 Å². The lowest BCUT2D eigenvalue weighted by molar-refractivity contribution is 0.174. The van der Waals surface area contributed by atoms with E-state index in [1.165, 1.54) is 0 Å². The molecule has 1 atom stereocenters. The van der Waals surface area contributed by atoms with E-state index < -0.39 is 0 Å². The van der Waals surface area contributed by atoms with Crippen LogP contribution in [0.2, 0.25) is 0 Å². The topological polar surface area (TPSA) is 29.5 Å². The molecule has 1 rings (SSSR count). The van der Waals surface area contributed by atoms with Gasteiger partial charge in [0.15, 0.2) is 0 Å². The average Bonchev–Trinajstić information content (AvgIpc) is 2.16. The van der Waals surface area contributed by atoms with E-state index in [2.05, 4.69) is 15.9 Å². The Hall–Kier alpha value is -0.540. The van der Waals surface area contributed by atoms with Gasteiger partial charge in [0.2, 0.25) is 0 Å². The van der Waals surface area contributed by atoms with Crippen molar-refractivity contribution in [3.05, 3.63) is 28.7 Å². The van der Waals surface area contributed by atoms with E-state index in [0.717, 1.165) is 10.2 Å². The van der Waals surface area contributed by atoms with Crippen LogP contribution >= 0.6 is 15.9 Å². The van der Waals surface area contributed by atoms with Crippen LogP contribution in [0.15, 0.2) is 28.7 Å². The molecule has 0 aliphatic carbocycles. The minimum absolute atomic E-state index is 0.163. The molecule has 0 aliphatic rings. The van der Waals surface area contributed by atoms with Gasteiger partial charge >= 0.3 is 0 Å². The zero-order valence-electron chi connectivity index (χ0n) is 7.53. The zero-order valence-corrected chi connectivity index (χ0v) is 9.12. The van der Waals surface area contributed by atoms with Crippen LogP contribution < -0.4 is 4.74 Å². The normalized spacial score (nSPS) is 12.5. The number of aliphatic hydroxyl groups is 1. The minimum atomic E-state index is 0.163. The molecule has 0 saturated heterocycles. The van der Waals surface area contributed by atoms with Crippen molar-refractivity contribution < 1.29 is 9.84 Å². The molecule has 1 N–H and O–H groups in total. The molecule has 0 saturated carbocycles. The second-order valence-electron chi connectivity index (χ2n) is 3.05. The van der Waals surface area contributed by atoms with Gasteiger partial charge in [0.05, 0.1) is 6.61 Å². The Morgan fingerprint density at radius 2 is 2.00 bits per heavy atom. The van der Waals surface area contributed by atoms with Crippen LogP contribution in [-0.2, 0) is 0 Å². The Kier molecular flexibility index (Phi) is 4.25. The fraction of sp³-hybridized carbons (Fsp3) is 0.400. The molecule has 0 spiro atoms. The van der Waals surface area contributed by atoms with Gasteiger partial charge in [-0.05, 0) is 24.3 Å². The van der Waals surface area contributed by atoms with Gasteiger partial charge in [-0.2, -0.15) is 0 Å². The highest BCUT2D eigenvalue weighted by atomic mass is 79.9. The summed E-state index contributed by atoms with van der Waals surface area (Å²) in [6, 6.07) is 7.65. The fourth-order valence-electron chi connectivity index (χ4n) is 0.822. The first-order valence-electron chi connectivity index (χ1n) is 4.21. The van der Waals surface area contributed by atoms with Gasteiger partial charge in [-0.25, -0.2) is 0 Å². The van der Waals surface area contributed by atoms with Crippen LogP contribution in [0.4, 0.5) is 0 Å². The second-order valence-corrected chi connectivity index (χ2v) is 3.97. The number of hydrogen-bond donors (Lipinski definition) is 1. The highest BCUT2D eigenvalue weighted by molar-refractivity contribution is 9.10. The molecule has 13 heavy (non-hydrogen) atoms. The maximum atomic E-state index is 8.77. The van der Waals surface area contributed by atoms with Gasteiger partial charge < -0.3 is 9.84 Å². The van der Waals surface area contributed by atoms with Crippen LogP contribution in [0.1, 0.15) is 6.92 Å². The van der Waals surface area contributed by atoms with Crippen molar-refractivity contribution in [3.8, 4) is 5.75 Å². The molecule has 3 heteroatoms. The quantitative estimate of drug-likeness (QED) is 0.882. The molecule has 0 heterocycles. The first-order valence-corrected chi connectivity index (χ1v) is 5.01. The highest BCUT2D eigenvalue weighted by Crippen LogP contribution is 2.16. The van der Waals surface area contributed by atoms with Gasteiger partial charge in [0.1, 0.15) is 5.75 Å². The Morgan fingerprint density at radius 1 is 1.38 bits per heavy atom. The van der Waals surface area contributed by atoms with E-state index in [1.807, 2.05) is 31.2 Å². The molecule has 0 fully saturated rings. The van der Waals surface area contributed by atoms with E-state index in [0.29, 0.717) is 6.61 Å². The summed E-state index contributed by atoms with van der Waals surface area (Å²) in [5.41, 5.74) is 0. The zero-order chi connectivity index (χ0) is 9.68. The number of rotatable bonds is 4. The third-order valence-electron chi connectivity index (χ3n) is 1.66. The van der Waals surface area contributed by atoms with E-state index in [9.17, 15) is 0 Å². The van der Waals surface area contributed by atoms with Crippen molar-refractivity contribution in [2.24, 2.45) is 5.92 Å². The second kappa shape index (κ2) is 5.25. The first kappa shape index (κ1) is 10.5. The van der Waals surface area contributed by atoms with Gasteiger partial charge in [-0.15, -0.1) is 0 Å². The molecule has 0 aliphatic heterocycles. The third kappa shape index (κ3) is 3.79. The monoisotopic (exact) mass is 244 g/mol. The largest absolute Gasteiger partial charge is 0.493 e. The van der Waals surface area contributed by atoms with Crippen molar-refractivity contribution in [2.75, 3.05) is 13.2 Å². The molecule has 1 aromatic rings. The first-order chi connectivity index (χ1) is 6.22. The van der Waals surface area contributed by atoms with Gasteiger partial charge in [-0.1, -0.05) is 22.9 Å². The molecule has 2 nitrogen and oxygen atoms in total. The SMILES string of the molecule is CC(CO)COc1ccc(Br)cc1. The number of benzene rings is 1. The van der Waals surface area contributed by atoms with Crippen LogP contribution in [0.25, 0.3) is 0 Å². The Morgan fingerprint density at radius 3 is 2.54 bits per heavy atom. The summed E-state index contributed by atoms with van der Waals surface area (Å²) in [5.74, 6) is 1.02. The van der Waals surface area contributed by atoms with E-state index in [-0.39, 0.29) is 12.5 Å². The van der Waals surface area contributed by atoms with Crippen LogP contribution in [-0.4, -0.2) is 18.3 Å². The summed E-state index contributed by atoms with van der Waals surface area (Å²) in [4.78, 5) is 0. The highest BCUT2D eigenvalue weighted by Gasteiger charge is 2.00. The number of halogens is 1. The summed E-state index contributed by atoms with van der Waals surface area (Å²) in [7, 11) is 0. The lowest BCUT2D eigenvalue weighted by Gasteiger charge is -2.09. The summed E-state index contributed by atoms with van der Waals surface area (Å²) in [5, 5.41) is 8.77. The van der Waals surface area contributed by atoms with Crippen LogP contribution in [0.3, 0.4) is 0 Å². The molecule has 0 amide bonds. The predicted molar refractivity (Wildman–Crippen MR) is 55.9 cm³/mol. The molecule has 0 radical (unpaired) electrons. The van der Waals surface area contributed by atoms with E-state index in [1.54, 1.807) is 0 Å². The summed E-state index contributed by atoms with van der Waals surface area (Å²) >= 11 is 3.34. The van der Waals surface area contributed by atoms with E-state index in [4.69, 9.17) is 9.84 Å². The predicted octanol–water partition coefficient (Wildman–Crippen LogP) is 2.46. The van der Waals surface area contributed by atoms with Crippen LogP contribution in [0, 0.1) is 5.92 Å². The maximum Gasteiger partial charge on any atom is 0.119 e. The molecular weight excluding hydrogens is 232 g/mol. The van der Waals surface area contributed by atoms with Gasteiger partial charge in [0.25, 0.3) is 0 Å². The third-order valence-corrected chi connectivity index (χ3v) is 2.19. The lowest BCUT2D eigenvalue weighted by Crippen LogP contribution is -2.11. The summed E-state index contributed by atoms with van der Waals surface area (Å²) < 4.78 is 6.47. The number of ether oxygens (including phenoxy) is 1. The average molecular weight is 245 g/mol. The molecule has 0 aromatic heterocycles. The van der Waals surface area contributed by atoms with Gasteiger partial charge in [-0.3, -0.25) is 0 Å². The maximum absolute atomic E-state index is 8.77. The summed E-state index contributed by atoms with van der Waals surface area (Å²) in [6.45, 7) is 2.66. The van der Waals surface area contributed by atoms with Crippen molar-refractivity contribution >= 4 is 15.9 Å².